The van der Waals surface area contributed by atoms with Gasteiger partial charge < -0.3 is 9.88 Å². The quantitative estimate of drug-likeness (QED) is 0.509. The van der Waals surface area contributed by atoms with Crippen LogP contribution in [0.1, 0.15) is 65.4 Å². The molecular formula is C24H26N4OS. The minimum atomic E-state index is -0.389. The zero-order chi connectivity index (χ0) is 20.7. The second kappa shape index (κ2) is 7.91. The molecule has 0 bridgehead atoms. The van der Waals surface area contributed by atoms with Crippen LogP contribution >= 0.6 is 11.8 Å². The fourth-order valence-electron chi connectivity index (χ4n) is 3.74. The number of aromatic nitrogens is 3. The molecule has 2 aliphatic rings. The Morgan fingerprint density at radius 1 is 1.07 bits per heavy atom. The number of nitrogens with zero attached hydrogens (tertiary/aromatic N) is 3. The van der Waals surface area contributed by atoms with Crippen molar-refractivity contribution in [1.82, 2.24) is 14.8 Å². The summed E-state index contributed by atoms with van der Waals surface area (Å²) in [5.74, 6) is 1.63. The standard InChI is InChI=1S/C24H26N4OS/c1-15-8-9-16(2)20(14-15)25-23(29)21(17-6-4-3-5-7-17)30-24-27-26-22(18-10-11-18)28(24)19-12-13-19/h3-9,14,18-19,21H,10-13H2,1-2H3,(H,25,29)/t21-/m1/s1. The number of rotatable bonds is 7. The van der Waals surface area contributed by atoms with Gasteiger partial charge in [0.05, 0.1) is 0 Å². The number of hydrogen-bond donors (Lipinski definition) is 1. The van der Waals surface area contributed by atoms with Gasteiger partial charge >= 0.3 is 0 Å². The van der Waals surface area contributed by atoms with Crippen molar-refractivity contribution in [3.8, 4) is 0 Å². The van der Waals surface area contributed by atoms with Crippen LogP contribution in [0.2, 0.25) is 0 Å². The summed E-state index contributed by atoms with van der Waals surface area (Å²) in [7, 11) is 0. The van der Waals surface area contributed by atoms with Gasteiger partial charge in [0.1, 0.15) is 11.1 Å². The largest absolute Gasteiger partial charge is 0.325 e. The molecule has 2 aromatic carbocycles. The van der Waals surface area contributed by atoms with Crippen molar-refractivity contribution in [1.29, 1.82) is 0 Å². The molecule has 0 saturated heterocycles. The first-order chi connectivity index (χ1) is 14.6. The van der Waals surface area contributed by atoms with Crippen LogP contribution in [0.25, 0.3) is 0 Å². The summed E-state index contributed by atoms with van der Waals surface area (Å²) in [6.45, 7) is 4.06. The number of nitrogens with one attached hydrogen (secondary N) is 1. The molecule has 1 amide bonds. The predicted molar refractivity (Wildman–Crippen MR) is 120 cm³/mol. The van der Waals surface area contributed by atoms with E-state index in [1.807, 2.05) is 56.3 Å². The van der Waals surface area contributed by atoms with E-state index in [1.54, 1.807) is 0 Å². The molecule has 2 aliphatic carbocycles. The van der Waals surface area contributed by atoms with Crippen molar-refractivity contribution in [3.05, 3.63) is 71.0 Å². The molecule has 2 saturated carbocycles. The van der Waals surface area contributed by atoms with Crippen LogP contribution in [0.15, 0.2) is 53.7 Å². The van der Waals surface area contributed by atoms with Gasteiger partial charge in [-0.05, 0) is 62.3 Å². The van der Waals surface area contributed by atoms with Crippen molar-refractivity contribution < 1.29 is 4.79 Å². The SMILES string of the molecule is Cc1ccc(C)c(NC(=O)[C@H](Sc2nnc(C3CC3)n2C2CC2)c2ccccc2)c1. The van der Waals surface area contributed by atoms with Crippen LogP contribution in [0.4, 0.5) is 5.69 Å². The lowest BCUT2D eigenvalue weighted by atomic mass is 10.1. The van der Waals surface area contributed by atoms with Crippen LogP contribution in [0, 0.1) is 13.8 Å². The van der Waals surface area contributed by atoms with Gasteiger partial charge in [-0.3, -0.25) is 4.79 Å². The third-order valence-corrected chi connectivity index (χ3v) is 6.97. The first-order valence-electron chi connectivity index (χ1n) is 10.6. The second-order valence-electron chi connectivity index (χ2n) is 8.43. The van der Waals surface area contributed by atoms with Crippen molar-refractivity contribution in [2.75, 3.05) is 5.32 Å². The summed E-state index contributed by atoms with van der Waals surface area (Å²) < 4.78 is 2.31. The molecule has 5 rings (SSSR count). The van der Waals surface area contributed by atoms with Crippen LogP contribution in [0.3, 0.4) is 0 Å². The lowest BCUT2D eigenvalue weighted by Crippen LogP contribution is -2.20. The molecule has 0 spiro atoms. The molecule has 1 aromatic heterocycles. The van der Waals surface area contributed by atoms with Gasteiger partial charge in [0.25, 0.3) is 0 Å². The maximum atomic E-state index is 13.4. The summed E-state index contributed by atoms with van der Waals surface area (Å²) in [5, 5.41) is 12.7. The number of benzene rings is 2. The average molecular weight is 419 g/mol. The zero-order valence-electron chi connectivity index (χ0n) is 17.3. The van der Waals surface area contributed by atoms with Gasteiger partial charge in [0, 0.05) is 17.6 Å². The Morgan fingerprint density at radius 3 is 2.53 bits per heavy atom. The molecule has 1 N–H and O–H groups in total. The molecular weight excluding hydrogens is 392 g/mol. The number of anilines is 1. The third-order valence-electron chi connectivity index (χ3n) is 5.76. The Morgan fingerprint density at radius 2 is 1.83 bits per heavy atom. The highest BCUT2D eigenvalue weighted by molar-refractivity contribution is 8.00. The van der Waals surface area contributed by atoms with Gasteiger partial charge in [-0.25, -0.2) is 0 Å². The minimum Gasteiger partial charge on any atom is -0.325 e. The maximum absolute atomic E-state index is 13.4. The molecule has 1 heterocycles. The minimum absolute atomic E-state index is 0.0294. The average Bonchev–Trinajstić information content (AvgIpc) is 3.68. The fraction of sp³-hybridized carbons (Fsp3) is 0.375. The van der Waals surface area contributed by atoms with Crippen molar-refractivity contribution in [3.63, 3.8) is 0 Å². The topological polar surface area (TPSA) is 59.8 Å². The number of hydrogen-bond acceptors (Lipinski definition) is 4. The van der Waals surface area contributed by atoms with Crippen molar-refractivity contribution in [2.45, 2.75) is 61.9 Å². The highest BCUT2D eigenvalue weighted by Gasteiger charge is 2.37. The van der Waals surface area contributed by atoms with Crippen LogP contribution < -0.4 is 5.32 Å². The van der Waals surface area contributed by atoms with Crippen LogP contribution in [-0.4, -0.2) is 20.7 Å². The Labute approximate surface area is 181 Å². The van der Waals surface area contributed by atoms with E-state index in [2.05, 4.69) is 26.1 Å². The van der Waals surface area contributed by atoms with Gasteiger partial charge in [-0.15, -0.1) is 10.2 Å². The molecule has 30 heavy (non-hydrogen) atoms. The van der Waals surface area contributed by atoms with Gasteiger partial charge in [-0.1, -0.05) is 54.2 Å². The lowest BCUT2D eigenvalue weighted by molar-refractivity contribution is -0.115. The van der Waals surface area contributed by atoms with Crippen molar-refractivity contribution in [2.24, 2.45) is 0 Å². The Balaban J connectivity index is 1.46. The second-order valence-corrected chi connectivity index (χ2v) is 9.50. The summed E-state index contributed by atoms with van der Waals surface area (Å²) in [6, 6.07) is 16.6. The van der Waals surface area contributed by atoms with E-state index in [9.17, 15) is 4.79 Å². The summed E-state index contributed by atoms with van der Waals surface area (Å²) in [4.78, 5) is 13.4. The number of carbonyl (C=O) groups excluding carboxylic acids is 1. The smallest absolute Gasteiger partial charge is 0.242 e. The van der Waals surface area contributed by atoms with E-state index >= 15 is 0 Å². The number of thioether (sulfide) groups is 1. The molecule has 2 fully saturated rings. The van der Waals surface area contributed by atoms with Crippen LogP contribution in [-0.2, 0) is 4.79 Å². The third kappa shape index (κ3) is 4.01. The maximum Gasteiger partial charge on any atom is 0.242 e. The van der Waals surface area contributed by atoms with E-state index in [1.165, 1.54) is 37.4 Å². The van der Waals surface area contributed by atoms with E-state index in [4.69, 9.17) is 0 Å². The number of carbonyl (C=O) groups is 1. The number of aryl methyl sites for hydroxylation is 2. The number of amides is 1. The van der Waals surface area contributed by atoms with Gasteiger partial charge in [0.15, 0.2) is 5.16 Å². The van der Waals surface area contributed by atoms with E-state index < -0.39 is 0 Å². The van der Waals surface area contributed by atoms with E-state index in [-0.39, 0.29) is 11.2 Å². The first kappa shape index (κ1) is 19.4. The molecule has 3 aromatic rings. The Hall–Kier alpha value is -2.60. The monoisotopic (exact) mass is 418 g/mol. The first-order valence-corrected chi connectivity index (χ1v) is 11.5. The summed E-state index contributed by atoms with van der Waals surface area (Å²) in [6.07, 6.45) is 4.75. The molecule has 0 aliphatic heterocycles. The van der Waals surface area contributed by atoms with E-state index in [0.717, 1.165) is 33.4 Å². The Kier molecular flexibility index (Phi) is 5.11. The van der Waals surface area contributed by atoms with Crippen molar-refractivity contribution >= 4 is 23.4 Å². The lowest BCUT2D eigenvalue weighted by Gasteiger charge is -2.18. The molecule has 154 valence electrons. The Bertz CT molecular complexity index is 1070. The molecule has 6 heteroatoms. The zero-order valence-corrected chi connectivity index (χ0v) is 18.2. The van der Waals surface area contributed by atoms with E-state index in [0.29, 0.717) is 12.0 Å². The molecule has 1 atom stereocenters. The summed E-state index contributed by atoms with van der Waals surface area (Å²) >= 11 is 1.52. The normalized spacial score (nSPS) is 17.0. The molecule has 5 nitrogen and oxygen atoms in total. The highest BCUT2D eigenvalue weighted by Crippen LogP contribution is 2.47. The van der Waals surface area contributed by atoms with Gasteiger partial charge in [0.2, 0.25) is 5.91 Å². The molecule has 0 unspecified atom stereocenters. The van der Waals surface area contributed by atoms with Gasteiger partial charge in [-0.2, -0.15) is 0 Å². The predicted octanol–water partition coefficient (Wildman–Crippen LogP) is 5.58. The molecule has 0 radical (unpaired) electrons. The fourth-order valence-corrected chi connectivity index (χ4v) is 4.85. The van der Waals surface area contributed by atoms with Crippen LogP contribution in [0.5, 0.6) is 0 Å². The highest BCUT2D eigenvalue weighted by atomic mass is 32.2. The summed E-state index contributed by atoms with van der Waals surface area (Å²) in [5.41, 5.74) is 4.03.